The molecule has 0 saturated carbocycles. The third-order valence-corrected chi connectivity index (χ3v) is 3.52. The van der Waals surface area contributed by atoms with Crippen LogP contribution in [0.15, 0.2) is 30.3 Å². The Labute approximate surface area is 109 Å². The number of hydrogen-bond donors (Lipinski definition) is 1. The van der Waals surface area contributed by atoms with Crippen LogP contribution in [-0.4, -0.2) is 30.1 Å². The van der Waals surface area contributed by atoms with Crippen LogP contribution < -0.4 is 5.32 Å². The number of nitrogens with one attached hydrogen (secondary N) is 1. The summed E-state index contributed by atoms with van der Waals surface area (Å²) in [6.07, 6.45) is 2.28. The van der Waals surface area contributed by atoms with Crippen molar-refractivity contribution in [2.24, 2.45) is 0 Å². The van der Waals surface area contributed by atoms with Gasteiger partial charge in [-0.1, -0.05) is 30.3 Å². The maximum atomic E-state index is 8.79. The molecule has 1 aliphatic rings. The molecule has 1 unspecified atom stereocenters. The molecule has 0 aromatic heterocycles. The molecule has 0 spiro atoms. The number of rotatable bonds is 4. The molecular formula is C15H21N3. The predicted octanol–water partition coefficient (Wildman–Crippen LogP) is 2.15. The summed E-state index contributed by atoms with van der Waals surface area (Å²) in [6, 6.07) is 13.3. The summed E-state index contributed by atoms with van der Waals surface area (Å²) in [5, 5.41) is 12.2. The lowest BCUT2D eigenvalue weighted by molar-refractivity contribution is 0.188. The van der Waals surface area contributed by atoms with Gasteiger partial charge in [-0.3, -0.25) is 10.2 Å². The van der Waals surface area contributed by atoms with Crippen LogP contribution >= 0.6 is 0 Å². The molecule has 1 N–H and O–H groups in total. The highest BCUT2D eigenvalue weighted by molar-refractivity contribution is 5.14. The number of piperidine rings is 1. The molecule has 1 heterocycles. The molecule has 96 valence electrons. The van der Waals surface area contributed by atoms with Crippen LogP contribution in [0.2, 0.25) is 0 Å². The molecule has 0 radical (unpaired) electrons. The van der Waals surface area contributed by atoms with Crippen LogP contribution in [-0.2, 0) is 6.54 Å². The standard InChI is InChI=1S/C15H21N3/c1-13(11-16)17-15-7-9-18(10-8-15)12-14-5-3-2-4-6-14/h2-6,13,15,17H,7-10,12H2,1H3. The second-order valence-corrected chi connectivity index (χ2v) is 5.05. The monoisotopic (exact) mass is 243 g/mol. The van der Waals surface area contributed by atoms with Gasteiger partial charge in [0.1, 0.15) is 0 Å². The highest BCUT2D eigenvalue weighted by Gasteiger charge is 2.20. The molecule has 3 nitrogen and oxygen atoms in total. The van der Waals surface area contributed by atoms with Crippen LogP contribution in [0.5, 0.6) is 0 Å². The Kier molecular flexibility index (Phi) is 4.74. The topological polar surface area (TPSA) is 39.1 Å². The van der Waals surface area contributed by atoms with Gasteiger partial charge in [0.2, 0.25) is 0 Å². The van der Waals surface area contributed by atoms with Crippen molar-refractivity contribution in [3.8, 4) is 6.07 Å². The largest absolute Gasteiger partial charge is 0.299 e. The number of benzene rings is 1. The van der Waals surface area contributed by atoms with Crippen molar-refractivity contribution in [1.82, 2.24) is 10.2 Å². The van der Waals surface area contributed by atoms with Gasteiger partial charge in [-0.2, -0.15) is 5.26 Å². The average molecular weight is 243 g/mol. The van der Waals surface area contributed by atoms with Crippen molar-refractivity contribution >= 4 is 0 Å². The average Bonchev–Trinajstić information content (AvgIpc) is 2.42. The van der Waals surface area contributed by atoms with Gasteiger partial charge in [-0.15, -0.1) is 0 Å². The van der Waals surface area contributed by atoms with Gasteiger partial charge in [0, 0.05) is 12.6 Å². The summed E-state index contributed by atoms with van der Waals surface area (Å²) < 4.78 is 0. The van der Waals surface area contributed by atoms with Crippen molar-refractivity contribution < 1.29 is 0 Å². The summed E-state index contributed by atoms with van der Waals surface area (Å²) in [6.45, 7) is 5.20. The second kappa shape index (κ2) is 6.53. The van der Waals surface area contributed by atoms with Crippen molar-refractivity contribution in [3.05, 3.63) is 35.9 Å². The molecule has 0 bridgehead atoms. The summed E-state index contributed by atoms with van der Waals surface area (Å²) >= 11 is 0. The molecule has 3 heteroatoms. The number of nitriles is 1. The number of likely N-dealkylation sites (tertiary alicyclic amines) is 1. The molecule has 1 atom stereocenters. The first-order valence-electron chi connectivity index (χ1n) is 6.70. The molecule has 1 aliphatic heterocycles. The van der Waals surface area contributed by atoms with E-state index >= 15 is 0 Å². The van der Waals surface area contributed by atoms with Crippen LogP contribution in [0.25, 0.3) is 0 Å². The Bertz CT molecular complexity index is 388. The van der Waals surface area contributed by atoms with Gasteiger partial charge in [-0.05, 0) is 38.4 Å². The summed E-state index contributed by atoms with van der Waals surface area (Å²) in [4.78, 5) is 2.49. The summed E-state index contributed by atoms with van der Waals surface area (Å²) in [5.41, 5.74) is 1.38. The molecule has 2 rings (SSSR count). The fourth-order valence-corrected chi connectivity index (χ4v) is 2.49. The van der Waals surface area contributed by atoms with Crippen molar-refractivity contribution in [2.75, 3.05) is 13.1 Å². The first kappa shape index (κ1) is 13.1. The van der Waals surface area contributed by atoms with E-state index in [2.05, 4.69) is 46.6 Å². The van der Waals surface area contributed by atoms with E-state index in [4.69, 9.17) is 5.26 Å². The smallest absolute Gasteiger partial charge is 0.0926 e. The Hall–Kier alpha value is -1.37. The first-order chi connectivity index (χ1) is 8.78. The predicted molar refractivity (Wildman–Crippen MR) is 73.0 cm³/mol. The van der Waals surface area contributed by atoms with Crippen molar-refractivity contribution in [1.29, 1.82) is 5.26 Å². The van der Waals surface area contributed by atoms with E-state index in [-0.39, 0.29) is 6.04 Å². The van der Waals surface area contributed by atoms with Gasteiger partial charge in [0.25, 0.3) is 0 Å². The molecule has 1 saturated heterocycles. The molecule has 0 aliphatic carbocycles. The van der Waals surface area contributed by atoms with E-state index in [0.29, 0.717) is 6.04 Å². The van der Waals surface area contributed by atoms with Crippen molar-refractivity contribution in [2.45, 2.75) is 38.4 Å². The van der Waals surface area contributed by atoms with E-state index < -0.39 is 0 Å². The Morgan fingerprint density at radius 2 is 2.00 bits per heavy atom. The lowest BCUT2D eigenvalue weighted by atomic mass is 10.0. The SMILES string of the molecule is CC(C#N)NC1CCN(Cc2ccccc2)CC1. The van der Waals surface area contributed by atoms with E-state index in [9.17, 15) is 0 Å². The third kappa shape index (κ3) is 3.83. The summed E-state index contributed by atoms with van der Waals surface area (Å²) in [7, 11) is 0. The molecule has 1 fully saturated rings. The maximum absolute atomic E-state index is 8.79. The quantitative estimate of drug-likeness (QED) is 0.880. The van der Waals surface area contributed by atoms with Crippen molar-refractivity contribution in [3.63, 3.8) is 0 Å². The Morgan fingerprint density at radius 1 is 1.33 bits per heavy atom. The van der Waals surface area contributed by atoms with E-state index in [1.165, 1.54) is 5.56 Å². The minimum atomic E-state index is -0.0318. The highest BCUT2D eigenvalue weighted by Crippen LogP contribution is 2.14. The molecule has 18 heavy (non-hydrogen) atoms. The Morgan fingerprint density at radius 3 is 2.61 bits per heavy atom. The number of nitrogens with zero attached hydrogens (tertiary/aromatic N) is 2. The van der Waals surface area contributed by atoms with Gasteiger partial charge in [-0.25, -0.2) is 0 Å². The summed E-state index contributed by atoms with van der Waals surface area (Å²) in [5.74, 6) is 0. The second-order valence-electron chi connectivity index (χ2n) is 5.05. The first-order valence-corrected chi connectivity index (χ1v) is 6.70. The molecule has 1 aromatic rings. The fraction of sp³-hybridized carbons (Fsp3) is 0.533. The molecule has 1 aromatic carbocycles. The minimum Gasteiger partial charge on any atom is -0.299 e. The van der Waals surface area contributed by atoms with Crippen LogP contribution in [0.4, 0.5) is 0 Å². The Balaban J connectivity index is 1.75. The maximum Gasteiger partial charge on any atom is 0.0926 e. The highest BCUT2D eigenvalue weighted by atomic mass is 15.1. The van der Waals surface area contributed by atoms with E-state index in [0.717, 1.165) is 32.5 Å². The zero-order chi connectivity index (χ0) is 12.8. The van der Waals surface area contributed by atoms with Gasteiger partial charge in [0.15, 0.2) is 0 Å². The zero-order valence-electron chi connectivity index (χ0n) is 11.0. The molecular weight excluding hydrogens is 222 g/mol. The zero-order valence-corrected chi connectivity index (χ0v) is 11.0. The van der Waals surface area contributed by atoms with Gasteiger partial charge < -0.3 is 0 Å². The lowest BCUT2D eigenvalue weighted by Crippen LogP contribution is -2.44. The third-order valence-electron chi connectivity index (χ3n) is 3.52. The van der Waals surface area contributed by atoms with E-state index in [1.807, 2.05) is 6.92 Å². The van der Waals surface area contributed by atoms with Gasteiger partial charge >= 0.3 is 0 Å². The normalized spacial score (nSPS) is 19.3. The molecule has 0 amide bonds. The van der Waals surface area contributed by atoms with Crippen LogP contribution in [0.3, 0.4) is 0 Å². The van der Waals surface area contributed by atoms with Crippen LogP contribution in [0.1, 0.15) is 25.3 Å². The van der Waals surface area contributed by atoms with E-state index in [1.54, 1.807) is 0 Å². The lowest BCUT2D eigenvalue weighted by Gasteiger charge is -2.33. The minimum absolute atomic E-state index is 0.0318. The fourth-order valence-electron chi connectivity index (χ4n) is 2.49. The van der Waals surface area contributed by atoms with Gasteiger partial charge in [0.05, 0.1) is 12.1 Å². The van der Waals surface area contributed by atoms with Crippen LogP contribution in [0, 0.1) is 11.3 Å². The number of hydrogen-bond acceptors (Lipinski definition) is 3.